The predicted molar refractivity (Wildman–Crippen MR) is 98.3 cm³/mol. The Balaban J connectivity index is 3.21. The van der Waals surface area contributed by atoms with Crippen molar-refractivity contribution in [3.63, 3.8) is 0 Å². The van der Waals surface area contributed by atoms with Gasteiger partial charge in [0, 0.05) is 13.2 Å². The maximum atomic E-state index is 11.4. The monoisotopic (exact) mass is 391 g/mol. The summed E-state index contributed by atoms with van der Waals surface area (Å²) in [5.74, 6) is -0.760. The lowest BCUT2D eigenvalue weighted by molar-refractivity contribution is -0.126. The minimum atomic E-state index is -0.432. The van der Waals surface area contributed by atoms with Crippen molar-refractivity contribution in [3.05, 3.63) is 0 Å². The van der Waals surface area contributed by atoms with Crippen LogP contribution in [-0.2, 0) is 33.3 Å². The second kappa shape index (κ2) is 20.6. The van der Waals surface area contributed by atoms with E-state index in [2.05, 4.69) is 22.9 Å². The Morgan fingerprint density at radius 2 is 1.26 bits per heavy atom. The number of carbonyl (C=O) groups is 3. The van der Waals surface area contributed by atoms with Crippen molar-refractivity contribution < 1.29 is 33.3 Å². The molecule has 0 aromatic heterocycles. The molecular formula is C17H33N3O7. The average Bonchev–Trinajstić information content (AvgIpc) is 2.67. The van der Waals surface area contributed by atoms with Gasteiger partial charge in [-0.3, -0.25) is 14.4 Å². The molecule has 0 unspecified atom stereocenters. The third-order valence-corrected chi connectivity index (χ3v) is 3.12. The molecule has 0 saturated heterocycles. The van der Waals surface area contributed by atoms with E-state index in [4.69, 9.17) is 18.9 Å². The number of carbonyl (C=O) groups excluding carboxylic acids is 3. The first-order valence-electron chi connectivity index (χ1n) is 9.22. The highest BCUT2D eigenvalue weighted by molar-refractivity contribution is 5.86. The molecule has 0 aliphatic heterocycles. The first kappa shape index (κ1) is 25.2. The van der Waals surface area contributed by atoms with Gasteiger partial charge in [-0.15, -0.1) is 0 Å². The van der Waals surface area contributed by atoms with Crippen LogP contribution in [0.1, 0.15) is 19.8 Å². The fourth-order valence-corrected chi connectivity index (χ4v) is 1.71. The zero-order valence-corrected chi connectivity index (χ0v) is 16.1. The predicted octanol–water partition coefficient (Wildman–Crippen LogP) is -1.17. The Bertz CT molecular complexity index is 384. The fourth-order valence-electron chi connectivity index (χ4n) is 1.71. The summed E-state index contributed by atoms with van der Waals surface area (Å²) in [5.41, 5.74) is 0. The number of amides is 3. The minimum Gasteiger partial charge on any atom is -0.379 e. The van der Waals surface area contributed by atoms with Gasteiger partial charge in [0.2, 0.25) is 18.2 Å². The number of rotatable bonds is 20. The molecule has 0 aliphatic carbocycles. The van der Waals surface area contributed by atoms with Crippen LogP contribution < -0.4 is 16.0 Å². The van der Waals surface area contributed by atoms with E-state index < -0.39 is 5.91 Å². The van der Waals surface area contributed by atoms with Crippen LogP contribution in [0.4, 0.5) is 0 Å². The van der Waals surface area contributed by atoms with Gasteiger partial charge in [-0.25, -0.2) is 0 Å². The van der Waals surface area contributed by atoms with Crippen molar-refractivity contribution in [2.24, 2.45) is 0 Å². The number of hydrogen-bond donors (Lipinski definition) is 3. The van der Waals surface area contributed by atoms with Crippen LogP contribution in [0.15, 0.2) is 0 Å². The lowest BCUT2D eigenvalue weighted by Crippen LogP contribution is -2.41. The summed E-state index contributed by atoms with van der Waals surface area (Å²) in [6.45, 7) is 6.33. The summed E-state index contributed by atoms with van der Waals surface area (Å²) in [6, 6.07) is 0. The zero-order chi connectivity index (χ0) is 20.0. The largest absolute Gasteiger partial charge is 0.379 e. The van der Waals surface area contributed by atoms with E-state index in [0.29, 0.717) is 59.2 Å². The normalized spacial score (nSPS) is 10.4. The molecule has 0 aliphatic rings. The average molecular weight is 391 g/mol. The lowest BCUT2D eigenvalue weighted by atomic mass is 10.4. The van der Waals surface area contributed by atoms with Crippen LogP contribution in [0.25, 0.3) is 0 Å². The van der Waals surface area contributed by atoms with E-state index in [1.165, 1.54) is 0 Å². The second-order valence-electron chi connectivity index (χ2n) is 5.43. The molecule has 3 amide bonds. The van der Waals surface area contributed by atoms with Crippen LogP contribution in [0.3, 0.4) is 0 Å². The van der Waals surface area contributed by atoms with E-state index >= 15 is 0 Å². The summed E-state index contributed by atoms with van der Waals surface area (Å²) in [6.07, 6.45) is 2.62. The van der Waals surface area contributed by atoms with E-state index in [0.717, 1.165) is 19.4 Å². The number of hydrogen-bond acceptors (Lipinski definition) is 7. The van der Waals surface area contributed by atoms with Gasteiger partial charge in [-0.2, -0.15) is 0 Å². The quantitative estimate of drug-likeness (QED) is 0.176. The molecule has 3 N–H and O–H groups in total. The Morgan fingerprint density at radius 1 is 0.741 bits per heavy atom. The van der Waals surface area contributed by atoms with Crippen molar-refractivity contribution in [2.75, 3.05) is 72.5 Å². The van der Waals surface area contributed by atoms with Gasteiger partial charge in [0.25, 0.3) is 0 Å². The van der Waals surface area contributed by atoms with Crippen LogP contribution in [0.2, 0.25) is 0 Å². The molecule has 0 aromatic carbocycles. The molecule has 0 radical (unpaired) electrons. The SMILES string of the molecule is CCCCOCCOCCOCCOCCNC(=O)CNC(=O)CNC=O. The van der Waals surface area contributed by atoms with Gasteiger partial charge in [-0.05, 0) is 6.42 Å². The molecule has 0 fully saturated rings. The van der Waals surface area contributed by atoms with Gasteiger partial charge < -0.3 is 34.9 Å². The summed E-state index contributed by atoms with van der Waals surface area (Å²) in [5, 5.41) is 7.16. The van der Waals surface area contributed by atoms with Crippen LogP contribution in [-0.4, -0.2) is 90.7 Å². The van der Waals surface area contributed by atoms with Crippen molar-refractivity contribution >= 4 is 18.2 Å². The van der Waals surface area contributed by atoms with Gasteiger partial charge in [-0.1, -0.05) is 13.3 Å². The van der Waals surface area contributed by atoms with E-state index in [1.807, 2.05) is 0 Å². The molecule has 0 bridgehead atoms. The first-order chi connectivity index (χ1) is 13.2. The molecule has 0 rings (SSSR count). The Morgan fingerprint density at radius 3 is 1.81 bits per heavy atom. The summed E-state index contributed by atoms with van der Waals surface area (Å²) in [7, 11) is 0. The smallest absolute Gasteiger partial charge is 0.239 e. The topological polar surface area (TPSA) is 124 Å². The summed E-state index contributed by atoms with van der Waals surface area (Å²) < 4.78 is 21.4. The molecule has 0 atom stereocenters. The highest BCUT2D eigenvalue weighted by Gasteiger charge is 2.04. The number of ether oxygens (including phenoxy) is 4. The molecular weight excluding hydrogens is 358 g/mol. The molecule has 0 spiro atoms. The number of nitrogens with one attached hydrogen (secondary N) is 3. The van der Waals surface area contributed by atoms with E-state index in [9.17, 15) is 14.4 Å². The fraction of sp³-hybridized carbons (Fsp3) is 0.824. The highest BCUT2D eigenvalue weighted by atomic mass is 16.6. The van der Waals surface area contributed by atoms with Crippen LogP contribution in [0, 0.1) is 0 Å². The molecule has 0 aromatic rings. The van der Waals surface area contributed by atoms with Gasteiger partial charge in [0.1, 0.15) is 0 Å². The van der Waals surface area contributed by atoms with Crippen molar-refractivity contribution in [3.8, 4) is 0 Å². The van der Waals surface area contributed by atoms with E-state index in [-0.39, 0.29) is 19.0 Å². The molecule has 158 valence electrons. The molecule has 27 heavy (non-hydrogen) atoms. The molecule has 10 nitrogen and oxygen atoms in total. The third kappa shape index (κ3) is 20.4. The molecule has 0 heterocycles. The van der Waals surface area contributed by atoms with Crippen molar-refractivity contribution in [2.45, 2.75) is 19.8 Å². The van der Waals surface area contributed by atoms with Crippen LogP contribution in [0.5, 0.6) is 0 Å². The highest BCUT2D eigenvalue weighted by Crippen LogP contribution is 1.88. The molecule has 10 heteroatoms. The van der Waals surface area contributed by atoms with E-state index in [1.54, 1.807) is 0 Å². The summed E-state index contributed by atoms with van der Waals surface area (Å²) >= 11 is 0. The maximum absolute atomic E-state index is 11.4. The van der Waals surface area contributed by atoms with Crippen molar-refractivity contribution in [1.29, 1.82) is 0 Å². The molecule has 0 saturated carbocycles. The third-order valence-electron chi connectivity index (χ3n) is 3.12. The Hall–Kier alpha value is -1.75. The number of unbranched alkanes of at least 4 members (excludes halogenated alkanes) is 1. The zero-order valence-electron chi connectivity index (χ0n) is 16.1. The lowest BCUT2D eigenvalue weighted by Gasteiger charge is -2.08. The summed E-state index contributed by atoms with van der Waals surface area (Å²) in [4.78, 5) is 32.6. The van der Waals surface area contributed by atoms with Gasteiger partial charge >= 0.3 is 0 Å². The first-order valence-corrected chi connectivity index (χ1v) is 9.22. The van der Waals surface area contributed by atoms with Gasteiger partial charge in [0.15, 0.2) is 0 Å². The Kier molecular flexibility index (Phi) is 19.2. The maximum Gasteiger partial charge on any atom is 0.239 e. The standard InChI is InChI=1S/C17H33N3O7/c1-2-3-5-24-7-9-26-11-12-27-10-8-25-6-4-19-17(23)14-20-16(22)13-18-15-21/h15H,2-14H2,1H3,(H,18,21)(H,19,23)(H,20,22). The van der Waals surface area contributed by atoms with Crippen LogP contribution >= 0.6 is 0 Å². The van der Waals surface area contributed by atoms with Gasteiger partial charge in [0.05, 0.1) is 59.3 Å². The second-order valence-corrected chi connectivity index (χ2v) is 5.43. The Labute approximate surface area is 160 Å². The van der Waals surface area contributed by atoms with Crippen molar-refractivity contribution in [1.82, 2.24) is 16.0 Å². The minimum absolute atomic E-state index is 0.147.